The van der Waals surface area contributed by atoms with Gasteiger partial charge in [0.05, 0.1) is 18.2 Å². The van der Waals surface area contributed by atoms with E-state index in [1.165, 1.54) is 9.88 Å². The van der Waals surface area contributed by atoms with Crippen LogP contribution in [-0.4, -0.2) is 44.4 Å². The van der Waals surface area contributed by atoms with Gasteiger partial charge in [0.25, 0.3) is 0 Å². The molecule has 0 atom stereocenters. The van der Waals surface area contributed by atoms with Crippen molar-refractivity contribution in [3.63, 3.8) is 0 Å². The third kappa shape index (κ3) is 7.97. The van der Waals surface area contributed by atoms with Gasteiger partial charge in [-0.2, -0.15) is 0 Å². The fourth-order valence-electron chi connectivity index (χ4n) is 2.36. The second kappa shape index (κ2) is 12.3. The van der Waals surface area contributed by atoms with Crippen LogP contribution in [0.3, 0.4) is 0 Å². The summed E-state index contributed by atoms with van der Waals surface area (Å²) in [7, 11) is 1.67. The van der Waals surface area contributed by atoms with Gasteiger partial charge in [-0.15, -0.1) is 11.3 Å². The highest BCUT2D eigenvalue weighted by Crippen LogP contribution is 2.14. The number of hydrogen-bond donors (Lipinski definition) is 2. The number of rotatable bonds is 11. The Hall–Kier alpha value is -2.12. The summed E-state index contributed by atoms with van der Waals surface area (Å²) in [6, 6.07) is 8.01. The number of nitrogens with one attached hydrogen (secondary N) is 2. The lowest BCUT2D eigenvalue weighted by Gasteiger charge is -2.11. The molecule has 7 heteroatoms. The molecular weight excluding hydrogens is 360 g/mol. The molecule has 2 N–H and O–H groups in total. The molecule has 0 radical (unpaired) electrons. The molecule has 2 rings (SSSR count). The highest BCUT2D eigenvalue weighted by molar-refractivity contribution is 7.11. The SMILES string of the molecule is CCNC(=NCc1ccc(OCCOC)cc1)NCCc1ncc(CC)s1. The Kier molecular flexibility index (Phi) is 9.65. The molecular formula is C20H30N4O2S. The Bertz CT molecular complexity index is 686. The fourth-order valence-corrected chi connectivity index (χ4v) is 3.22. The molecule has 0 aliphatic rings. The van der Waals surface area contributed by atoms with E-state index in [9.17, 15) is 0 Å². The van der Waals surface area contributed by atoms with Gasteiger partial charge in [0.15, 0.2) is 5.96 Å². The van der Waals surface area contributed by atoms with Gasteiger partial charge >= 0.3 is 0 Å². The Labute approximate surface area is 166 Å². The number of aryl methyl sites for hydroxylation is 1. The smallest absolute Gasteiger partial charge is 0.191 e. The van der Waals surface area contributed by atoms with Crippen LogP contribution in [0.4, 0.5) is 0 Å². The quantitative estimate of drug-likeness (QED) is 0.351. The first-order valence-electron chi connectivity index (χ1n) is 9.41. The van der Waals surface area contributed by atoms with Crippen LogP contribution in [0.5, 0.6) is 5.75 Å². The molecule has 0 aliphatic carbocycles. The fraction of sp³-hybridized carbons (Fsp3) is 0.500. The minimum absolute atomic E-state index is 0.557. The topological polar surface area (TPSA) is 67.8 Å². The monoisotopic (exact) mass is 390 g/mol. The summed E-state index contributed by atoms with van der Waals surface area (Å²) in [6.45, 7) is 7.63. The number of ether oxygens (including phenoxy) is 2. The van der Waals surface area contributed by atoms with Gasteiger partial charge in [-0.1, -0.05) is 19.1 Å². The van der Waals surface area contributed by atoms with E-state index < -0.39 is 0 Å². The van der Waals surface area contributed by atoms with E-state index in [1.807, 2.05) is 30.5 Å². The van der Waals surface area contributed by atoms with E-state index in [0.717, 1.165) is 43.2 Å². The first-order valence-corrected chi connectivity index (χ1v) is 10.2. The molecule has 0 saturated carbocycles. The van der Waals surface area contributed by atoms with Crippen molar-refractivity contribution < 1.29 is 9.47 Å². The molecule has 0 spiro atoms. The molecule has 27 heavy (non-hydrogen) atoms. The van der Waals surface area contributed by atoms with E-state index in [0.29, 0.717) is 19.8 Å². The molecule has 1 heterocycles. The summed E-state index contributed by atoms with van der Waals surface area (Å²) < 4.78 is 10.6. The van der Waals surface area contributed by atoms with Crippen LogP contribution in [0.1, 0.15) is 29.3 Å². The number of aromatic nitrogens is 1. The summed E-state index contributed by atoms with van der Waals surface area (Å²) in [6.07, 6.45) is 3.93. The van der Waals surface area contributed by atoms with Crippen molar-refractivity contribution in [2.24, 2.45) is 4.99 Å². The largest absolute Gasteiger partial charge is 0.491 e. The Morgan fingerprint density at radius 2 is 1.96 bits per heavy atom. The summed E-state index contributed by atoms with van der Waals surface area (Å²) in [5.41, 5.74) is 1.14. The number of nitrogens with zero attached hydrogens (tertiary/aromatic N) is 2. The summed E-state index contributed by atoms with van der Waals surface area (Å²) in [5.74, 6) is 1.67. The predicted molar refractivity (Wildman–Crippen MR) is 112 cm³/mol. The molecule has 0 amide bonds. The predicted octanol–water partition coefficient (Wildman–Crippen LogP) is 3.03. The number of aliphatic imine (C=N–C) groups is 1. The Morgan fingerprint density at radius 1 is 1.15 bits per heavy atom. The number of methoxy groups -OCH3 is 1. The van der Waals surface area contributed by atoms with Crippen LogP contribution in [0.2, 0.25) is 0 Å². The molecule has 6 nitrogen and oxygen atoms in total. The zero-order valence-electron chi connectivity index (χ0n) is 16.5. The van der Waals surface area contributed by atoms with Crippen LogP contribution in [0.15, 0.2) is 35.5 Å². The molecule has 1 aromatic carbocycles. The Morgan fingerprint density at radius 3 is 2.63 bits per heavy atom. The van der Waals surface area contributed by atoms with Crippen molar-refractivity contribution in [1.82, 2.24) is 15.6 Å². The maximum atomic E-state index is 5.58. The van der Waals surface area contributed by atoms with E-state index in [2.05, 4.69) is 34.5 Å². The molecule has 0 aliphatic heterocycles. The third-order valence-electron chi connectivity index (χ3n) is 3.82. The number of guanidine groups is 1. The molecule has 0 unspecified atom stereocenters. The lowest BCUT2D eigenvalue weighted by atomic mass is 10.2. The lowest BCUT2D eigenvalue weighted by molar-refractivity contribution is 0.146. The third-order valence-corrected chi connectivity index (χ3v) is 5.03. The zero-order valence-corrected chi connectivity index (χ0v) is 17.3. The van der Waals surface area contributed by atoms with Crippen LogP contribution in [0.25, 0.3) is 0 Å². The lowest BCUT2D eigenvalue weighted by Crippen LogP contribution is -2.38. The highest BCUT2D eigenvalue weighted by atomic mass is 32.1. The highest BCUT2D eigenvalue weighted by Gasteiger charge is 2.02. The van der Waals surface area contributed by atoms with E-state index in [-0.39, 0.29) is 0 Å². The number of thiazole rings is 1. The minimum atomic E-state index is 0.557. The van der Waals surface area contributed by atoms with Gasteiger partial charge in [0.2, 0.25) is 0 Å². The average molecular weight is 391 g/mol. The normalized spacial score (nSPS) is 11.4. The van der Waals surface area contributed by atoms with E-state index in [1.54, 1.807) is 18.4 Å². The Balaban J connectivity index is 1.81. The first-order chi connectivity index (χ1) is 13.2. The summed E-state index contributed by atoms with van der Waals surface area (Å²) in [5, 5.41) is 7.83. The molecule has 0 bridgehead atoms. The van der Waals surface area contributed by atoms with Crippen LogP contribution >= 0.6 is 11.3 Å². The number of hydrogen-bond acceptors (Lipinski definition) is 5. The van der Waals surface area contributed by atoms with Gasteiger partial charge in [-0.05, 0) is 31.0 Å². The second-order valence-electron chi connectivity index (χ2n) is 5.93. The molecule has 0 fully saturated rings. The van der Waals surface area contributed by atoms with E-state index >= 15 is 0 Å². The molecule has 0 saturated heterocycles. The van der Waals surface area contributed by atoms with Crippen molar-refractivity contribution in [1.29, 1.82) is 0 Å². The van der Waals surface area contributed by atoms with Crippen molar-refractivity contribution in [3.8, 4) is 5.75 Å². The average Bonchev–Trinajstić information content (AvgIpc) is 3.15. The van der Waals surface area contributed by atoms with Crippen molar-refractivity contribution in [2.75, 3.05) is 33.4 Å². The van der Waals surface area contributed by atoms with E-state index in [4.69, 9.17) is 9.47 Å². The van der Waals surface area contributed by atoms with Gasteiger partial charge in [0, 0.05) is 37.7 Å². The summed E-state index contributed by atoms with van der Waals surface area (Å²) >= 11 is 1.79. The maximum absolute atomic E-state index is 5.58. The zero-order chi connectivity index (χ0) is 19.3. The van der Waals surface area contributed by atoms with Gasteiger partial charge in [-0.3, -0.25) is 0 Å². The van der Waals surface area contributed by atoms with Gasteiger partial charge in [0.1, 0.15) is 12.4 Å². The van der Waals surface area contributed by atoms with Crippen LogP contribution in [-0.2, 0) is 24.1 Å². The van der Waals surface area contributed by atoms with Crippen molar-refractivity contribution in [3.05, 3.63) is 45.9 Å². The van der Waals surface area contributed by atoms with Gasteiger partial charge < -0.3 is 20.1 Å². The molecule has 2 aromatic rings. The van der Waals surface area contributed by atoms with Crippen molar-refractivity contribution in [2.45, 2.75) is 33.2 Å². The maximum Gasteiger partial charge on any atom is 0.191 e. The first kappa shape index (κ1) is 21.2. The molecule has 148 valence electrons. The standard InChI is InChI=1S/C20H30N4O2S/c1-4-18-15-23-19(27-18)10-11-22-20(21-5-2)24-14-16-6-8-17(9-7-16)26-13-12-25-3/h6-9,15H,4-5,10-14H2,1-3H3,(H2,21,22,24). The van der Waals surface area contributed by atoms with Crippen molar-refractivity contribution >= 4 is 17.3 Å². The van der Waals surface area contributed by atoms with Gasteiger partial charge in [-0.25, -0.2) is 9.98 Å². The minimum Gasteiger partial charge on any atom is -0.491 e. The van der Waals surface area contributed by atoms with Crippen LogP contribution < -0.4 is 15.4 Å². The molecule has 1 aromatic heterocycles. The number of benzene rings is 1. The van der Waals surface area contributed by atoms with Crippen LogP contribution in [0, 0.1) is 0 Å². The summed E-state index contributed by atoms with van der Waals surface area (Å²) in [4.78, 5) is 10.4. The second-order valence-corrected chi connectivity index (χ2v) is 7.13.